The highest BCUT2D eigenvalue weighted by molar-refractivity contribution is 6.68. The molecule has 0 spiro atoms. The van der Waals surface area contributed by atoms with Crippen LogP contribution >= 0.6 is 11.6 Å². The number of nitrogens with two attached hydrogens (primary N) is 1. The predicted octanol–water partition coefficient (Wildman–Crippen LogP) is 2.29. The van der Waals surface area contributed by atoms with Gasteiger partial charge in [0.25, 0.3) is 11.7 Å². The van der Waals surface area contributed by atoms with Crippen LogP contribution < -0.4 is 5.73 Å². The van der Waals surface area contributed by atoms with E-state index in [0.29, 0.717) is 5.56 Å². The Bertz CT molecular complexity index is 359. The molecule has 76 valence electrons. The van der Waals surface area contributed by atoms with Crippen LogP contribution in [0.4, 0.5) is 14.6 Å². The molecule has 14 heavy (non-hydrogen) atoms. The number of hydrogen-bond acceptors (Lipinski definition) is 3. The summed E-state index contributed by atoms with van der Waals surface area (Å²) in [6.45, 7) is 1.47. The highest BCUT2D eigenvalue weighted by Crippen LogP contribution is 2.23. The van der Waals surface area contributed by atoms with Gasteiger partial charge in [0.05, 0.1) is 5.56 Å². The number of aromatic nitrogens is 1. The summed E-state index contributed by atoms with van der Waals surface area (Å²) in [6, 6.07) is 1.09. The number of nitrogens with zero attached hydrogens (tertiary/aromatic N) is 1. The lowest BCUT2D eigenvalue weighted by Crippen LogP contribution is -2.06. The molecular weight excluding hydrogens is 214 g/mol. The lowest BCUT2D eigenvalue weighted by Gasteiger charge is -2.07. The van der Waals surface area contributed by atoms with Crippen molar-refractivity contribution in [1.29, 1.82) is 0 Å². The smallest absolute Gasteiger partial charge is 0.280 e. The number of halogens is 3. The molecule has 1 aromatic rings. The van der Waals surface area contributed by atoms with Crippen molar-refractivity contribution in [3.63, 3.8) is 0 Å². The second-order valence-corrected chi connectivity index (χ2v) is 3.04. The standard InChI is InChI=1S/C8H7ClF2N2O/c1-3-2-4(7(10)11)13-8(12)5(3)6(9)14/h2,7H,1H3,(H2,12,13). The maximum absolute atomic E-state index is 12.2. The van der Waals surface area contributed by atoms with Crippen molar-refractivity contribution in [3.05, 3.63) is 22.9 Å². The van der Waals surface area contributed by atoms with E-state index in [1.807, 2.05) is 0 Å². The van der Waals surface area contributed by atoms with E-state index in [1.165, 1.54) is 6.92 Å². The molecule has 1 rings (SSSR count). The van der Waals surface area contributed by atoms with Crippen molar-refractivity contribution in [2.75, 3.05) is 5.73 Å². The highest BCUT2D eigenvalue weighted by atomic mass is 35.5. The Balaban J connectivity index is 3.32. The second-order valence-electron chi connectivity index (χ2n) is 2.70. The number of hydrogen-bond donors (Lipinski definition) is 1. The average Bonchev–Trinajstić information content (AvgIpc) is 2.01. The van der Waals surface area contributed by atoms with Crippen molar-refractivity contribution in [2.24, 2.45) is 0 Å². The molecule has 0 unspecified atom stereocenters. The first-order valence-corrected chi connectivity index (χ1v) is 4.06. The molecule has 0 saturated carbocycles. The van der Waals surface area contributed by atoms with Gasteiger partial charge in [-0.2, -0.15) is 0 Å². The van der Waals surface area contributed by atoms with Gasteiger partial charge in [0.1, 0.15) is 11.5 Å². The normalized spacial score (nSPS) is 10.6. The zero-order chi connectivity index (χ0) is 10.9. The molecule has 2 N–H and O–H groups in total. The van der Waals surface area contributed by atoms with E-state index in [0.717, 1.165) is 6.07 Å². The molecule has 0 aliphatic rings. The number of alkyl halides is 2. The van der Waals surface area contributed by atoms with E-state index in [-0.39, 0.29) is 11.4 Å². The Kier molecular flexibility index (Phi) is 3.00. The summed E-state index contributed by atoms with van der Waals surface area (Å²) in [5.41, 5.74) is 5.14. The molecule has 0 radical (unpaired) electrons. The minimum atomic E-state index is -2.71. The molecule has 1 aromatic heterocycles. The zero-order valence-corrected chi connectivity index (χ0v) is 7.98. The van der Waals surface area contributed by atoms with Gasteiger partial charge in [-0.05, 0) is 30.2 Å². The van der Waals surface area contributed by atoms with E-state index in [9.17, 15) is 13.6 Å². The second kappa shape index (κ2) is 3.88. The quantitative estimate of drug-likeness (QED) is 0.778. The van der Waals surface area contributed by atoms with E-state index in [1.54, 1.807) is 0 Å². The number of anilines is 1. The summed E-state index contributed by atoms with van der Waals surface area (Å²) in [5, 5.41) is -0.798. The number of aryl methyl sites for hydroxylation is 1. The van der Waals surface area contributed by atoms with Crippen molar-refractivity contribution < 1.29 is 13.6 Å². The van der Waals surface area contributed by atoms with Crippen LogP contribution in [0, 0.1) is 6.92 Å². The van der Waals surface area contributed by atoms with Crippen LogP contribution in [0.1, 0.15) is 28.0 Å². The third kappa shape index (κ3) is 1.98. The summed E-state index contributed by atoms with van der Waals surface area (Å²) in [7, 11) is 0. The number of carbonyl (C=O) groups is 1. The summed E-state index contributed by atoms with van der Waals surface area (Å²) in [6.07, 6.45) is -2.71. The SMILES string of the molecule is Cc1cc(C(F)F)nc(N)c1C(=O)Cl. The van der Waals surface area contributed by atoms with Gasteiger partial charge in [-0.3, -0.25) is 4.79 Å². The van der Waals surface area contributed by atoms with Crippen LogP contribution in [-0.4, -0.2) is 10.2 Å². The fourth-order valence-corrected chi connectivity index (χ4v) is 1.34. The van der Waals surface area contributed by atoms with E-state index in [4.69, 9.17) is 17.3 Å². The molecule has 0 atom stereocenters. The largest absolute Gasteiger partial charge is 0.383 e. The molecule has 1 heterocycles. The Morgan fingerprint density at radius 1 is 1.64 bits per heavy atom. The third-order valence-electron chi connectivity index (χ3n) is 1.68. The van der Waals surface area contributed by atoms with Gasteiger partial charge in [-0.1, -0.05) is 0 Å². The zero-order valence-electron chi connectivity index (χ0n) is 7.22. The third-order valence-corrected chi connectivity index (χ3v) is 1.87. The van der Waals surface area contributed by atoms with E-state index in [2.05, 4.69) is 4.98 Å². The summed E-state index contributed by atoms with van der Waals surface area (Å²) in [5.74, 6) is -0.264. The van der Waals surface area contributed by atoms with Crippen LogP contribution in [0.25, 0.3) is 0 Å². The maximum Gasteiger partial charge on any atom is 0.280 e. The van der Waals surface area contributed by atoms with Gasteiger partial charge in [0.2, 0.25) is 0 Å². The van der Waals surface area contributed by atoms with Crippen molar-refractivity contribution >= 4 is 22.7 Å². The average molecular weight is 221 g/mol. The van der Waals surface area contributed by atoms with Crippen LogP contribution in [-0.2, 0) is 0 Å². The van der Waals surface area contributed by atoms with Crippen molar-refractivity contribution in [3.8, 4) is 0 Å². The Morgan fingerprint density at radius 2 is 2.21 bits per heavy atom. The lowest BCUT2D eigenvalue weighted by molar-refractivity contribution is 0.108. The molecule has 0 saturated heterocycles. The fraction of sp³-hybridized carbons (Fsp3) is 0.250. The molecular formula is C8H7ClF2N2O. The van der Waals surface area contributed by atoms with Gasteiger partial charge < -0.3 is 5.73 Å². The van der Waals surface area contributed by atoms with Crippen LogP contribution in [0.2, 0.25) is 0 Å². The summed E-state index contributed by atoms with van der Waals surface area (Å²) >= 11 is 5.20. The number of pyridine rings is 1. The number of rotatable bonds is 2. The molecule has 0 aliphatic heterocycles. The predicted molar refractivity (Wildman–Crippen MR) is 48.5 cm³/mol. The monoisotopic (exact) mass is 220 g/mol. The van der Waals surface area contributed by atoms with Gasteiger partial charge in [-0.25, -0.2) is 13.8 Å². The first-order chi connectivity index (χ1) is 6.43. The molecule has 3 nitrogen and oxygen atoms in total. The minimum absolute atomic E-state index is 0.0175. The Hall–Kier alpha value is -1.23. The first kappa shape index (κ1) is 10.8. The fourth-order valence-electron chi connectivity index (χ4n) is 1.09. The lowest BCUT2D eigenvalue weighted by atomic mass is 10.1. The van der Waals surface area contributed by atoms with Gasteiger partial charge in [-0.15, -0.1) is 0 Å². The van der Waals surface area contributed by atoms with Crippen LogP contribution in [0.15, 0.2) is 6.07 Å². The molecule has 0 amide bonds. The van der Waals surface area contributed by atoms with E-state index < -0.39 is 17.4 Å². The van der Waals surface area contributed by atoms with Gasteiger partial charge in [0, 0.05) is 0 Å². The van der Waals surface area contributed by atoms with Crippen LogP contribution in [0.5, 0.6) is 0 Å². The Morgan fingerprint density at radius 3 is 2.57 bits per heavy atom. The summed E-state index contributed by atoms with van der Waals surface area (Å²) < 4.78 is 24.4. The molecule has 0 aromatic carbocycles. The van der Waals surface area contributed by atoms with Crippen LogP contribution in [0.3, 0.4) is 0 Å². The molecule has 0 bridgehead atoms. The number of carbonyl (C=O) groups excluding carboxylic acids is 1. The molecule has 0 aliphatic carbocycles. The van der Waals surface area contributed by atoms with Gasteiger partial charge >= 0.3 is 0 Å². The first-order valence-electron chi connectivity index (χ1n) is 3.68. The van der Waals surface area contributed by atoms with Gasteiger partial charge in [0.15, 0.2) is 0 Å². The summed E-state index contributed by atoms with van der Waals surface area (Å²) in [4.78, 5) is 14.2. The topological polar surface area (TPSA) is 56.0 Å². The highest BCUT2D eigenvalue weighted by Gasteiger charge is 2.17. The Labute approximate surface area is 83.9 Å². The van der Waals surface area contributed by atoms with Crippen molar-refractivity contribution in [2.45, 2.75) is 13.3 Å². The van der Waals surface area contributed by atoms with E-state index >= 15 is 0 Å². The molecule has 6 heteroatoms. The number of nitrogen functional groups attached to an aromatic ring is 1. The van der Waals surface area contributed by atoms with Crippen molar-refractivity contribution in [1.82, 2.24) is 4.98 Å². The molecule has 0 fully saturated rings. The minimum Gasteiger partial charge on any atom is -0.383 e. The maximum atomic E-state index is 12.2.